The lowest BCUT2D eigenvalue weighted by Crippen LogP contribution is -2.02. The third kappa shape index (κ3) is 2.88. The maximum absolute atomic E-state index is 11.2. The van der Waals surface area contributed by atoms with E-state index in [0.29, 0.717) is 10.0 Å². The van der Waals surface area contributed by atoms with E-state index >= 15 is 0 Å². The lowest BCUT2D eigenvalue weighted by Gasteiger charge is -2.06. The molecule has 0 aliphatic carbocycles. The number of hydrogen-bond acceptors (Lipinski definition) is 3. The van der Waals surface area contributed by atoms with E-state index in [2.05, 4.69) is 21.0 Å². The highest BCUT2D eigenvalue weighted by Gasteiger charge is 2.17. The first-order valence-corrected chi connectivity index (χ1v) is 7.88. The van der Waals surface area contributed by atoms with Gasteiger partial charge in [-0.3, -0.25) is 0 Å². The van der Waals surface area contributed by atoms with Crippen LogP contribution >= 0.6 is 38.9 Å². The van der Waals surface area contributed by atoms with Gasteiger partial charge in [0.15, 0.2) is 5.69 Å². The molecule has 7 heteroatoms. The number of benzene rings is 1. The predicted octanol–water partition coefficient (Wildman–Crippen LogP) is 4.71. The topological polar surface area (TPSA) is 55.1 Å². The normalized spacial score (nSPS) is 10.8. The van der Waals surface area contributed by atoms with Gasteiger partial charge in [0.05, 0.1) is 20.6 Å². The summed E-state index contributed by atoms with van der Waals surface area (Å²) in [7, 11) is 0. The molecule has 21 heavy (non-hydrogen) atoms. The van der Waals surface area contributed by atoms with Crippen LogP contribution in [0.25, 0.3) is 16.3 Å². The van der Waals surface area contributed by atoms with Crippen LogP contribution in [0, 0.1) is 0 Å². The van der Waals surface area contributed by atoms with Gasteiger partial charge >= 0.3 is 5.97 Å². The zero-order valence-electron chi connectivity index (χ0n) is 10.5. The van der Waals surface area contributed by atoms with Crippen LogP contribution in [0.4, 0.5) is 0 Å². The molecule has 0 atom stereocenters. The number of carboxylic acids is 1. The quantitative estimate of drug-likeness (QED) is 0.712. The number of thiophene rings is 1. The minimum Gasteiger partial charge on any atom is -0.476 e. The summed E-state index contributed by atoms with van der Waals surface area (Å²) in [5.74, 6) is -1.06. The van der Waals surface area contributed by atoms with E-state index in [1.165, 1.54) is 11.3 Å². The van der Waals surface area contributed by atoms with Crippen LogP contribution in [0.2, 0.25) is 4.34 Å². The van der Waals surface area contributed by atoms with Crippen LogP contribution in [0.5, 0.6) is 0 Å². The van der Waals surface area contributed by atoms with Crippen molar-refractivity contribution < 1.29 is 9.90 Å². The van der Waals surface area contributed by atoms with Crippen molar-refractivity contribution in [1.29, 1.82) is 0 Å². The van der Waals surface area contributed by atoms with Crippen LogP contribution in [-0.4, -0.2) is 20.9 Å². The summed E-state index contributed by atoms with van der Waals surface area (Å²) in [5, 5.41) is 13.3. The summed E-state index contributed by atoms with van der Waals surface area (Å²) in [4.78, 5) is 12.1. The molecule has 0 radical (unpaired) electrons. The number of hydrogen-bond donors (Lipinski definition) is 1. The highest BCUT2D eigenvalue weighted by atomic mass is 79.9. The smallest absolute Gasteiger partial charge is 0.356 e. The summed E-state index contributed by atoms with van der Waals surface area (Å²) >= 11 is 10.8. The van der Waals surface area contributed by atoms with Gasteiger partial charge in [0, 0.05) is 10.5 Å². The van der Waals surface area contributed by atoms with E-state index in [0.717, 1.165) is 15.0 Å². The number of carboxylic acid groups (broad SMARTS) is 1. The third-order valence-electron chi connectivity index (χ3n) is 2.81. The summed E-state index contributed by atoms with van der Waals surface area (Å²) < 4.78 is 3.14. The van der Waals surface area contributed by atoms with Gasteiger partial charge in [-0.05, 0) is 30.3 Å². The van der Waals surface area contributed by atoms with Gasteiger partial charge in [0.1, 0.15) is 0 Å². The molecule has 4 nitrogen and oxygen atoms in total. The molecule has 0 saturated carbocycles. The molecule has 1 aromatic carbocycles. The Labute approximate surface area is 137 Å². The Morgan fingerprint density at radius 3 is 2.71 bits per heavy atom. The van der Waals surface area contributed by atoms with Crippen molar-refractivity contribution in [1.82, 2.24) is 9.78 Å². The maximum Gasteiger partial charge on any atom is 0.356 e. The van der Waals surface area contributed by atoms with Gasteiger partial charge in [-0.1, -0.05) is 33.6 Å². The Hall–Kier alpha value is -1.63. The highest BCUT2D eigenvalue weighted by Crippen LogP contribution is 2.33. The van der Waals surface area contributed by atoms with Crippen LogP contribution in [0.15, 0.2) is 46.9 Å². The van der Waals surface area contributed by atoms with Gasteiger partial charge in [0.2, 0.25) is 0 Å². The summed E-state index contributed by atoms with van der Waals surface area (Å²) in [6.45, 7) is 0. The SMILES string of the molecule is O=C(O)c1cc(-c2ccc(Cl)s2)n(-c2cccc(Br)c2)n1. The molecule has 2 aromatic heterocycles. The van der Waals surface area contributed by atoms with Crippen LogP contribution < -0.4 is 0 Å². The highest BCUT2D eigenvalue weighted by molar-refractivity contribution is 9.10. The van der Waals surface area contributed by atoms with E-state index < -0.39 is 5.97 Å². The fraction of sp³-hybridized carbons (Fsp3) is 0. The van der Waals surface area contributed by atoms with Crippen molar-refractivity contribution in [3.8, 4) is 16.3 Å². The lowest BCUT2D eigenvalue weighted by atomic mass is 10.3. The standard InChI is InChI=1S/C14H8BrClN2O2S/c15-8-2-1-3-9(6-8)18-11(7-10(17-18)14(19)20)12-4-5-13(16)21-12/h1-7H,(H,19,20). The van der Waals surface area contributed by atoms with E-state index in [4.69, 9.17) is 16.7 Å². The van der Waals surface area contributed by atoms with Gasteiger partial charge < -0.3 is 5.11 Å². The molecule has 0 fully saturated rings. The van der Waals surface area contributed by atoms with Gasteiger partial charge in [0.25, 0.3) is 0 Å². The van der Waals surface area contributed by atoms with Crippen LogP contribution in [-0.2, 0) is 0 Å². The lowest BCUT2D eigenvalue weighted by molar-refractivity contribution is 0.0690. The van der Waals surface area contributed by atoms with Crippen molar-refractivity contribution in [2.45, 2.75) is 0 Å². The molecule has 0 bridgehead atoms. The van der Waals surface area contributed by atoms with E-state index in [1.54, 1.807) is 16.8 Å². The second-order valence-corrected chi connectivity index (χ2v) is 6.85. The molecule has 3 rings (SSSR count). The second kappa shape index (κ2) is 5.63. The van der Waals surface area contributed by atoms with Crippen molar-refractivity contribution >= 4 is 44.8 Å². The summed E-state index contributed by atoms with van der Waals surface area (Å²) in [6, 6.07) is 12.7. The monoisotopic (exact) mass is 382 g/mol. The predicted molar refractivity (Wildman–Crippen MR) is 86.5 cm³/mol. The van der Waals surface area contributed by atoms with Crippen molar-refractivity contribution in [3.63, 3.8) is 0 Å². The van der Waals surface area contributed by atoms with Gasteiger partial charge in [-0.15, -0.1) is 11.3 Å². The Bertz CT molecular complexity index is 828. The first-order chi connectivity index (χ1) is 10.0. The Morgan fingerprint density at radius 1 is 1.29 bits per heavy atom. The van der Waals surface area contributed by atoms with Crippen molar-refractivity contribution in [3.05, 3.63) is 57.0 Å². The molecule has 2 heterocycles. The number of nitrogens with zero attached hydrogens (tertiary/aromatic N) is 2. The fourth-order valence-electron chi connectivity index (χ4n) is 1.92. The average molecular weight is 384 g/mol. The van der Waals surface area contributed by atoms with Crippen LogP contribution in [0.1, 0.15) is 10.5 Å². The first-order valence-electron chi connectivity index (χ1n) is 5.89. The number of rotatable bonds is 3. The molecule has 0 aliphatic rings. The molecule has 0 spiro atoms. The Balaban J connectivity index is 2.21. The molecule has 1 N–H and O–H groups in total. The Morgan fingerprint density at radius 2 is 2.10 bits per heavy atom. The largest absolute Gasteiger partial charge is 0.476 e. The molecule has 0 amide bonds. The molecule has 0 saturated heterocycles. The zero-order chi connectivity index (χ0) is 15.0. The molecule has 0 unspecified atom stereocenters. The molecular weight excluding hydrogens is 376 g/mol. The maximum atomic E-state index is 11.2. The van der Waals surface area contributed by atoms with Crippen molar-refractivity contribution in [2.75, 3.05) is 0 Å². The number of aromatic carboxylic acids is 1. The van der Waals surface area contributed by atoms with Gasteiger partial charge in [-0.2, -0.15) is 5.10 Å². The number of aromatic nitrogens is 2. The molecule has 0 aliphatic heterocycles. The number of halogens is 2. The Kier molecular flexibility index (Phi) is 3.84. The average Bonchev–Trinajstić information content (AvgIpc) is 3.04. The minimum atomic E-state index is -1.06. The molecular formula is C14H8BrClN2O2S. The van der Waals surface area contributed by atoms with Crippen molar-refractivity contribution in [2.24, 2.45) is 0 Å². The zero-order valence-corrected chi connectivity index (χ0v) is 13.6. The van der Waals surface area contributed by atoms with Gasteiger partial charge in [-0.25, -0.2) is 9.48 Å². The third-order valence-corrected chi connectivity index (χ3v) is 4.55. The molecule has 106 valence electrons. The van der Waals surface area contributed by atoms with E-state index in [9.17, 15) is 4.79 Å². The fourth-order valence-corrected chi connectivity index (χ4v) is 3.35. The summed E-state index contributed by atoms with van der Waals surface area (Å²) in [6.07, 6.45) is 0. The van der Waals surface area contributed by atoms with Crippen LogP contribution in [0.3, 0.4) is 0 Å². The van der Waals surface area contributed by atoms with E-state index in [1.807, 2.05) is 30.3 Å². The number of carbonyl (C=O) groups is 1. The second-order valence-electron chi connectivity index (χ2n) is 4.22. The van der Waals surface area contributed by atoms with E-state index in [-0.39, 0.29) is 5.69 Å². The summed E-state index contributed by atoms with van der Waals surface area (Å²) in [5.41, 5.74) is 1.47. The molecule has 3 aromatic rings. The first kappa shape index (κ1) is 14.3. The minimum absolute atomic E-state index is 0.00509.